The molecule has 24 heavy (non-hydrogen) atoms. The lowest BCUT2D eigenvalue weighted by Gasteiger charge is -2.25. The van der Waals surface area contributed by atoms with E-state index in [4.69, 9.17) is 14.6 Å². The van der Waals surface area contributed by atoms with Gasteiger partial charge in [0.2, 0.25) is 5.91 Å². The summed E-state index contributed by atoms with van der Waals surface area (Å²) in [5, 5.41) is 8.73. The first-order chi connectivity index (χ1) is 11.6. The highest BCUT2D eigenvalue weighted by Gasteiger charge is 2.21. The highest BCUT2D eigenvalue weighted by atomic mass is 16.5. The average molecular weight is 337 g/mol. The lowest BCUT2D eigenvalue weighted by atomic mass is 10.1. The van der Waals surface area contributed by atoms with Gasteiger partial charge in [0.1, 0.15) is 0 Å². The Morgan fingerprint density at radius 1 is 1.21 bits per heavy atom. The summed E-state index contributed by atoms with van der Waals surface area (Å²) in [7, 11) is 1.34. The predicted molar refractivity (Wildman–Crippen MR) is 90.4 cm³/mol. The largest absolute Gasteiger partial charge is 0.469 e. The standard InChI is InChI=1S/C18H27NO5/c1-15(18(22)23-2)14-19(10-12-24-13-11-20)17(21)9-8-16-6-4-3-5-7-16/h3-7,15,20H,8-14H2,1-2H3. The van der Waals surface area contributed by atoms with E-state index in [1.807, 2.05) is 30.3 Å². The van der Waals surface area contributed by atoms with Crippen molar-refractivity contribution in [1.29, 1.82) is 0 Å². The highest BCUT2D eigenvalue weighted by molar-refractivity contribution is 5.78. The van der Waals surface area contributed by atoms with Crippen LogP contribution in [0.15, 0.2) is 30.3 Å². The summed E-state index contributed by atoms with van der Waals surface area (Å²) in [6.07, 6.45) is 1.03. The molecule has 1 unspecified atom stereocenters. The molecule has 1 rings (SSSR count). The lowest BCUT2D eigenvalue weighted by Crippen LogP contribution is -2.39. The third-order valence-electron chi connectivity index (χ3n) is 3.66. The van der Waals surface area contributed by atoms with Crippen molar-refractivity contribution < 1.29 is 24.2 Å². The van der Waals surface area contributed by atoms with Crippen molar-refractivity contribution in [2.45, 2.75) is 19.8 Å². The number of rotatable bonds is 11. The van der Waals surface area contributed by atoms with E-state index in [1.54, 1.807) is 11.8 Å². The Balaban J connectivity index is 2.57. The second-order valence-corrected chi connectivity index (χ2v) is 5.59. The second kappa shape index (κ2) is 11.6. The second-order valence-electron chi connectivity index (χ2n) is 5.59. The Morgan fingerprint density at radius 2 is 1.92 bits per heavy atom. The van der Waals surface area contributed by atoms with Gasteiger partial charge in [-0.05, 0) is 12.0 Å². The van der Waals surface area contributed by atoms with Crippen LogP contribution in [0.3, 0.4) is 0 Å². The molecule has 6 heteroatoms. The predicted octanol–water partition coefficient (Wildman–Crippen LogP) is 1.27. The molecule has 1 atom stereocenters. The zero-order valence-corrected chi connectivity index (χ0v) is 14.4. The average Bonchev–Trinajstić information content (AvgIpc) is 2.62. The van der Waals surface area contributed by atoms with Gasteiger partial charge in [0.25, 0.3) is 0 Å². The number of hydrogen-bond donors (Lipinski definition) is 1. The number of carbonyl (C=O) groups excluding carboxylic acids is 2. The van der Waals surface area contributed by atoms with E-state index in [-0.39, 0.29) is 25.1 Å². The number of nitrogens with zero attached hydrogens (tertiary/aromatic N) is 1. The monoisotopic (exact) mass is 337 g/mol. The zero-order chi connectivity index (χ0) is 17.8. The van der Waals surface area contributed by atoms with Gasteiger partial charge in [0.05, 0.1) is 32.8 Å². The fraction of sp³-hybridized carbons (Fsp3) is 0.556. The van der Waals surface area contributed by atoms with Gasteiger partial charge in [0.15, 0.2) is 0 Å². The minimum absolute atomic E-state index is 0.0257. The summed E-state index contributed by atoms with van der Waals surface area (Å²) in [5.74, 6) is -0.761. The quantitative estimate of drug-likeness (QED) is 0.486. The van der Waals surface area contributed by atoms with Crippen LogP contribution in [-0.4, -0.2) is 61.9 Å². The topological polar surface area (TPSA) is 76.1 Å². The smallest absolute Gasteiger partial charge is 0.310 e. The molecule has 0 radical (unpaired) electrons. The molecule has 1 N–H and O–H groups in total. The minimum Gasteiger partial charge on any atom is -0.469 e. The fourth-order valence-corrected chi connectivity index (χ4v) is 2.32. The van der Waals surface area contributed by atoms with Gasteiger partial charge >= 0.3 is 5.97 Å². The summed E-state index contributed by atoms with van der Waals surface area (Å²) >= 11 is 0. The third-order valence-corrected chi connectivity index (χ3v) is 3.66. The molecule has 0 spiro atoms. The van der Waals surface area contributed by atoms with E-state index in [0.717, 1.165) is 5.56 Å². The lowest BCUT2D eigenvalue weighted by molar-refractivity contribution is -0.146. The summed E-state index contributed by atoms with van der Waals surface area (Å²) < 4.78 is 9.96. The van der Waals surface area contributed by atoms with Crippen molar-refractivity contribution in [3.8, 4) is 0 Å². The molecule has 6 nitrogen and oxygen atoms in total. The van der Waals surface area contributed by atoms with E-state index < -0.39 is 5.92 Å². The summed E-state index contributed by atoms with van der Waals surface area (Å²) in [4.78, 5) is 25.7. The van der Waals surface area contributed by atoms with Crippen molar-refractivity contribution in [1.82, 2.24) is 4.90 Å². The molecule has 134 valence electrons. The molecule has 0 aliphatic rings. The molecule has 0 aliphatic heterocycles. The molecule has 0 saturated heterocycles. The number of carbonyl (C=O) groups is 2. The maximum Gasteiger partial charge on any atom is 0.310 e. The molecule has 0 bridgehead atoms. The number of hydrogen-bond acceptors (Lipinski definition) is 5. The number of esters is 1. The van der Waals surface area contributed by atoms with Crippen LogP contribution in [-0.2, 0) is 25.5 Å². The van der Waals surface area contributed by atoms with Gasteiger partial charge in [-0.1, -0.05) is 37.3 Å². The highest BCUT2D eigenvalue weighted by Crippen LogP contribution is 2.08. The summed E-state index contributed by atoms with van der Waals surface area (Å²) in [6, 6.07) is 9.80. The summed E-state index contributed by atoms with van der Waals surface area (Å²) in [5.41, 5.74) is 1.10. The molecular weight excluding hydrogens is 310 g/mol. The number of aliphatic hydroxyl groups excluding tert-OH is 1. The van der Waals surface area contributed by atoms with Gasteiger partial charge in [-0.2, -0.15) is 0 Å². The Kier molecular flexibility index (Phi) is 9.72. The Morgan fingerprint density at radius 3 is 2.54 bits per heavy atom. The number of aliphatic hydroxyl groups is 1. The minimum atomic E-state index is -0.395. The van der Waals surface area contributed by atoms with Crippen LogP contribution < -0.4 is 0 Å². The van der Waals surface area contributed by atoms with Crippen molar-refractivity contribution >= 4 is 11.9 Å². The first kappa shape index (κ1) is 20.1. The van der Waals surface area contributed by atoms with E-state index in [0.29, 0.717) is 32.5 Å². The Hall–Kier alpha value is -1.92. The van der Waals surface area contributed by atoms with Crippen LogP contribution in [0.4, 0.5) is 0 Å². The van der Waals surface area contributed by atoms with Crippen molar-refractivity contribution in [3.05, 3.63) is 35.9 Å². The van der Waals surface area contributed by atoms with E-state index in [2.05, 4.69) is 0 Å². The SMILES string of the molecule is COC(=O)C(C)CN(CCOCCO)C(=O)CCc1ccccc1. The van der Waals surface area contributed by atoms with E-state index in [9.17, 15) is 9.59 Å². The number of aryl methyl sites for hydroxylation is 1. The van der Waals surface area contributed by atoms with Crippen LogP contribution in [0.2, 0.25) is 0 Å². The number of ether oxygens (including phenoxy) is 2. The third kappa shape index (κ3) is 7.57. The Labute approximate surface area is 143 Å². The number of methoxy groups -OCH3 is 1. The maximum absolute atomic E-state index is 12.5. The molecule has 0 aliphatic carbocycles. The molecule has 0 heterocycles. The number of amides is 1. The van der Waals surface area contributed by atoms with Gasteiger partial charge in [-0.25, -0.2) is 0 Å². The van der Waals surface area contributed by atoms with E-state index in [1.165, 1.54) is 7.11 Å². The molecular formula is C18H27NO5. The van der Waals surface area contributed by atoms with Crippen molar-refractivity contribution in [2.24, 2.45) is 5.92 Å². The Bertz CT molecular complexity index is 491. The first-order valence-electron chi connectivity index (χ1n) is 8.16. The van der Waals surface area contributed by atoms with Crippen LogP contribution in [0.5, 0.6) is 0 Å². The van der Waals surface area contributed by atoms with Crippen molar-refractivity contribution in [2.75, 3.05) is 40.0 Å². The molecule has 1 aromatic rings. The molecule has 1 amide bonds. The van der Waals surface area contributed by atoms with Crippen LogP contribution in [0.1, 0.15) is 18.9 Å². The molecule has 1 aromatic carbocycles. The first-order valence-corrected chi connectivity index (χ1v) is 8.16. The zero-order valence-electron chi connectivity index (χ0n) is 14.4. The summed E-state index contributed by atoms with van der Waals surface area (Å²) in [6.45, 7) is 2.92. The maximum atomic E-state index is 12.5. The molecule has 0 saturated carbocycles. The van der Waals surface area contributed by atoms with Crippen molar-refractivity contribution in [3.63, 3.8) is 0 Å². The van der Waals surface area contributed by atoms with Gasteiger partial charge in [-0.3, -0.25) is 9.59 Å². The fourth-order valence-electron chi connectivity index (χ4n) is 2.32. The van der Waals surface area contributed by atoms with Crippen LogP contribution in [0, 0.1) is 5.92 Å². The van der Waals surface area contributed by atoms with Gasteiger partial charge < -0.3 is 19.5 Å². The van der Waals surface area contributed by atoms with Gasteiger partial charge in [0, 0.05) is 19.5 Å². The number of benzene rings is 1. The molecule has 0 fully saturated rings. The molecule has 0 aromatic heterocycles. The van der Waals surface area contributed by atoms with Crippen LogP contribution in [0.25, 0.3) is 0 Å². The van der Waals surface area contributed by atoms with Crippen LogP contribution >= 0.6 is 0 Å². The van der Waals surface area contributed by atoms with Gasteiger partial charge in [-0.15, -0.1) is 0 Å². The normalized spacial score (nSPS) is 11.8. The van der Waals surface area contributed by atoms with E-state index >= 15 is 0 Å².